The summed E-state index contributed by atoms with van der Waals surface area (Å²) in [5.74, 6) is 1.84. The van der Waals surface area contributed by atoms with Crippen molar-refractivity contribution in [3.63, 3.8) is 0 Å². The Kier molecular flexibility index (Phi) is 4.19. The Morgan fingerprint density at radius 2 is 2.16 bits per heavy atom. The first-order valence-electron chi connectivity index (χ1n) is 6.76. The van der Waals surface area contributed by atoms with Gasteiger partial charge >= 0.3 is 0 Å². The normalized spacial score (nSPS) is 14.2. The minimum Gasteiger partial charge on any atom is -0.383 e. The van der Waals surface area contributed by atoms with Crippen LogP contribution < -0.4 is 16.4 Å². The quantitative estimate of drug-likeness (QED) is 0.712. The van der Waals surface area contributed by atoms with Crippen LogP contribution >= 0.6 is 0 Å². The zero-order valence-corrected chi connectivity index (χ0v) is 11.5. The highest BCUT2D eigenvalue weighted by atomic mass is 16.2. The summed E-state index contributed by atoms with van der Waals surface area (Å²) in [7, 11) is 0. The lowest BCUT2D eigenvalue weighted by molar-refractivity contribution is -0.119. The number of nitrogens with one attached hydrogen (secondary N) is 2. The number of aryl methyl sites for hydroxylation is 1. The Morgan fingerprint density at radius 3 is 2.79 bits per heavy atom. The van der Waals surface area contributed by atoms with Gasteiger partial charge in [0.2, 0.25) is 5.91 Å². The predicted molar refractivity (Wildman–Crippen MR) is 74.8 cm³/mol. The van der Waals surface area contributed by atoms with Gasteiger partial charge in [0.1, 0.15) is 17.5 Å². The van der Waals surface area contributed by atoms with Crippen LogP contribution in [-0.2, 0) is 11.2 Å². The van der Waals surface area contributed by atoms with Crippen LogP contribution in [0.1, 0.15) is 37.6 Å². The highest BCUT2D eigenvalue weighted by Crippen LogP contribution is 2.19. The van der Waals surface area contributed by atoms with Crippen molar-refractivity contribution >= 4 is 17.5 Å². The van der Waals surface area contributed by atoms with Gasteiger partial charge in [-0.2, -0.15) is 0 Å². The first-order valence-corrected chi connectivity index (χ1v) is 6.76. The van der Waals surface area contributed by atoms with Gasteiger partial charge in [0.15, 0.2) is 0 Å². The maximum Gasteiger partial charge on any atom is 0.239 e. The van der Waals surface area contributed by atoms with Crippen LogP contribution in [0.15, 0.2) is 0 Å². The van der Waals surface area contributed by atoms with Crippen molar-refractivity contribution < 1.29 is 4.79 Å². The molecule has 0 aliphatic heterocycles. The van der Waals surface area contributed by atoms with Gasteiger partial charge in [0.25, 0.3) is 0 Å². The van der Waals surface area contributed by atoms with Gasteiger partial charge in [-0.05, 0) is 26.2 Å². The summed E-state index contributed by atoms with van der Waals surface area (Å²) in [5, 5.41) is 5.96. The smallest absolute Gasteiger partial charge is 0.239 e. The highest BCUT2D eigenvalue weighted by Gasteiger charge is 2.23. The third-order valence-corrected chi connectivity index (χ3v) is 3.06. The van der Waals surface area contributed by atoms with E-state index in [2.05, 4.69) is 27.5 Å². The molecule has 1 aromatic rings. The lowest BCUT2D eigenvalue weighted by atomic mass is 10.2. The number of anilines is 2. The Bertz CT molecular complexity index is 470. The van der Waals surface area contributed by atoms with Gasteiger partial charge in [-0.15, -0.1) is 0 Å². The minimum atomic E-state index is -0.00359. The van der Waals surface area contributed by atoms with E-state index in [4.69, 9.17) is 5.73 Å². The maximum atomic E-state index is 11.6. The summed E-state index contributed by atoms with van der Waals surface area (Å²) in [6.45, 7) is 4.14. The topological polar surface area (TPSA) is 92.9 Å². The van der Waals surface area contributed by atoms with Crippen LogP contribution in [0.2, 0.25) is 0 Å². The molecule has 1 saturated carbocycles. The van der Waals surface area contributed by atoms with Gasteiger partial charge in [-0.1, -0.05) is 6.92 Å². The number of nitrogens with zero attached hydrogens (tertiary/aromatic N) is 2. The van der Waals surface area contributed by atoms with Gasteiger partial charge in [0, 0.05) is 18.0 Å². The molecule has 0 atom stereocenters. The molecule has 104 valence electrons. The zero-order chi connectivity index (χ0) is 13.8. The van der Waals surface area contributed by atoms with E-state index < -0.39 is 0 Å². The fourth-order valence-corrected chi connectivity index (χ4v) is 1.76. The summed E-state index contributed by atoms with van der Waals surface area (Å²) >= 11 is 0. The van der Waals surface area contributed by atoms with Crippen LogP contribution in [0.25, 0.3) is 0 Å². The van der Waals surface area contributed by atoms with Crippen molar-refractivity contribution in [2.45, 2.75) is 45.6 Å². The fraction of sp³-hybridized carbons (Fsp3) is 0.615. The number of nitrogen functional groups attached to an aromatic ring is 1. The second-order valence-corrected chi connectivity index (χ2v) is 4.94. The molecule has 0 aromatic carbocycles. The van der Waals surface area contributed by atoms with Crippen molar-refractivity contribution in [3.8, 4) is 0 Å². The second kappa shape index (κ2) is 5.86. The molecule has 6 heteroatoms. The molecule has 0 bridgehead atoms. The molecule has 4 N–H and O–H groups in total. The average molecular weight is 263 g/mol. The Hall–Kier alpha value is -1.85. The molecule has 2 rings (SSSR count). The molecule has 19 heavy (non-hydrogen) atoms. The Labute approximate surface area is 113 Å². The number of carbonyl (C=O) groups is 1. The number of aromatic nitrogens is 2. The summed E-state index contributed by atoms with van der Waals surface area (Å²) in [4.78, 5) is 20.3. The van der Waals surface area contributed by atoms with Crippen molar-refractivity contribution in [2.75, 3.05) is 17.6 Å². The number of hydrogen-bond acceptors (Lipinski definition) is 5. The lowest BCUT2D eigenvalue weighted by Gasteiger charge is -2.11. The molecule has 1 heterocycles. The van der Waals surface area contributed by atoms with Crippen molar-refractivity contribution in [1.29, 1.82) is 0 Å². The average Bonchev–Trinajstić information content (AvgIpc) is 3.16. The summed E-state index contributed by atoms with van der Waals surface area (Å²) in [6.07, 6.45) is 3.93. The number of amides is 1. The second-order valence-electron chi connectivity index (χ2n) is 4.94. The van der Waals surface area contributed by atoms with E-state index in [0.717, 1.165) is 37.1 Å². The summed E-state index contributed by atoms with van der Waals surface area (Å²) in [5.41, 5.74) is 6.65. The third-order valence-electron chi connectivity index (χ3n) is 3.06. The fourth-order valence-electron chi connectivity index (χ4n) is 1.76. The van der Waals surface area contributed by atoms with E-state index in [1.54, 1.807) is 0 Å². The van der Waals surface area contributed by atoms with E-state index in [-0.39, 0.29) is 12.5 Å². The van der Waals surface area contributed by atoms with Crippen molar-refractivity contribution in [2.24, 2.45) is 0 Å². The van der Waals surface area contributed by atoms with Crippen molar-refractivity contribution in [1.82, 2.24) is 15.3 Å². The number of rotatable bonds is 6. The molecular formula is C13H21N5O. The van der Waals surface area contributed by atoms with E-state index in [1.807, 2.05) is 6.92 Å². The lowest BCUT2D eigenvalue weighted by Crippen LogP contribution is -2.31. The standard InChI is InChI=1S/C13H21N5O/c1-3-4-10-17-12(14)8(2)13(18-10)15-7-11(19)16-9-5-6-9/h9H,3-7H2,1-2H3,(H,16,19)(H3,14,15,17,18). The molecule has 0 radical (unpaired) electrons. The molecule has 6 nitrogen and oxygen atoms in total. The van der Waals surface area contributed by atoms with E-state index in [1.165, 1.54) is 0 Å². The van der Waals surface area contributed by atoms with Gasteiger partial charge in [0.05, 0.1) is 6.54 Å². The van der Waals surface area contributed by atoms with E-state index in [0.29, 0.717) is 17.7 Å². The van der Waals surface area contributed by atoms with Crippen LogP contribution in [0, 0.1) is 6.92 Å². The SMILES string of the molecule is CCCc1nc(N)c(C)c(NCC(=O)NC2CC2)n1. The Morgan fingerprint density at radius 1 is 1.42 bits per heavy atom. The number of hydrogen-bond donors (Lipinski definition) is 3. The van der Waals surface area contributed by atoms with Gasteiger partial charge in [-0.3, -0.25) is 4.79 Å². The number of nitrogens with two attached hydrogens (primary N) is 1. The summed E-state index contributed by atoms with van der Waals surface area (Å²) < 4.78 is 0. The minimum absolute atomic E-state index is 0.00359. The third kappa shape index (κ3) is 3.81. The first-order chi connectivity index (χ1) is 9.10. The van der Waals surface area contributed by atoms with Crippen LogP contribution in [0.4, 0.5) is 11.6 Å². The van der Waals surface area contributed by atoms with E-state index >= 15 is 0 Å². The molecule has 1 amide bonds. The maximum absolute atomic E-state index is 11.6. The Balaban J connectivity index is 1.99. The first kappa shape index (κ1) is 13.6. The van der Waals surface area contributed by atoms with Crippen LogP contribution in [0.3, 0.4) is 0 Å². The molecule has 0 unspecified atom stereocenters. The largest absolute Gasteiger partial charge is 0.383 e. The van der Waals surface area contributed by atoms with Crippen LogP contribution in [0.5, 0.6) is 0 Å². The molecule has 1 fully saturated rings. The van der Waals surface area contributed by atoms with Gasteiger partial charge < -0.3 is 16.4 Å². The van der Waals surface area contributed by atoms with Crippen molar-refractivity contribution in [3.05, 3.63) is 11.4 Å². The highest BCUT2D eigenvalue weighted by molar-refractivity contribution is 5.81. The molecule has 1 aliphatic rings. The molecule has 1 aromatic heterocycles. The molecule has 0 spiro atoms. The molecular weight excluding hydrogens is 242 g/mol. The number of carbonyl (C=O) groups excluding carboxylic acids is 1. The van der Waals surface area contributed by atoms with Gasteiger partial charge in [-0.25, -0.2) is 9.97 Å². The zero-order valence-electron chi connectivity index (χ0n) is 11.5. The monoisotopic (exact) mass is 263 g/mol. The van der Waals surface area contributed by atoms with Crippen LogP contribution in [-0.4, -0.2) is 28.5 Å². The molecule has 0 saturated heterocycles. The van der Waals surface area contributed by atoms with E-state index in [9.17, 15) is 4.79 Å². The molecule has 1 aliphatic carbocycles. The predicted octanol–water partition coefficient (Wildman–Crippen LogP) is 1.01. The summed E-state index contributed by atoms with van der Waals surface area (Å²) in [6, 6.07) is 0.376.